The molecule has 0 spiro atoms. The molecule has 14 heteroatoms. The summed E-state index contributed by atoms with van der Waals surface area (Å²) in [5.41, 5.74) is 4.92. The molecule has 0 saturated carbocycles. The SMILES string of the molecule is N#Cc1cc(C#N)cc(-c2ccc3c4ccc(-c5cc(C#N)cc(C#N)c5)cc4n(-c4ccc(-c5cccc(C#N)c5)c(-n5c6cc(-c7cc(C#N)cc(C#N)c7)ccc6c6ccc(-c7cc(C#N)cc(C#N)c7)cc65)c4C(F)(F)F)c3c2)c1. The summed E-state index contributed by atoms with van der Waals surface area (Å²) in [6, 6.07) is 67.5. The van der Waals surface area contributed by atoms with Gasteiger partial charge in [0.25, 0.3) is 0 Å². The van der Waals surface area contributed by atoms with Crippen molar-refractivity contribution in [2.24, 2.45) is 0 Å². The molecule has 0 aliphatic rings. The first kappa shape index (κ1) is 51.7. The number of nitriles is 9. The van der Waals surface area contributed by atoms with Crippen molar-refractivity contribution < 1.29 is 13.2 Å². The van der Waals surface area contributed by atoms with Gasteiger partial charge in [-0.05, 0) is 165 Å². The van der Waals surface area contributed by atoms with Gasteiger partial charge in [-0.25, -0.2) is 0 Å². The van der Waals surface area contributed by atoms with Crippen LogP contribution in [0.15, 0.2) is 182 Å². The van der Waals surface area contributed by atoms with E-state index in [-0.39, 0.29) is 83.6 Å². The van der Waals surface area contributed by atoms with Gasteiger partial charge in [0.15, 0.2) is 0 Å². The summed E-state index contributed by atoms with van der Waals surface area (Å²) in [6.07, 6.45) is -5.22. The third-order valence-electron chi connectivity index (χ3n) is 14.8. The van der Waals surface area contributed by atoms with E-state index >= 15 is 13.2 Å². The Kier molecular flexibility index (Phi) is 12.5. The molecule has 2 aromatic heterocycles. The molecule has 0 amide bonds. The minimum Gasteiger partial charge on any atom is -0.309 e. The van der Waals surface area contributed by atoms with Crippen molar-refractivity contribution >= 4 is 43.6 Å². The van der Waals surface area contributed by atoms with Gasteiger partial charge in [0.05, 0.1) is 138 Å². The zero-order valence-corrected chi connectivity index (χ0v) is 43.4. The zero-order chi connectivity index (χ0) is 58.6. The second kappa shape index (κ2) is 20.3. The molecule has 12 aromatic rings. The molecule has 0 bridgehead atoms. The third kappa shape index (κ3) is 8.84. The fraction of sp³-hybridized carbons (Fsp3) is 0.0143. The molecule has 11 nitrogen and oxygen atoms in total. The van der Waals surface area contributed by atoms with E-state index < -0.39 is 11.7 Å². The predicted molar refractivity (Wildman–Crippen MR) is 310 cm³/mol. The highest BCUT2D eigenvalue weighted by atomic mass is 19.4. The monoisotopic (exact) mass is 1080 g/mol. The maximum atomic E-state index is 17.7. The van der Waals surface area contributed by atoms with Gasteiger partial charge in [-0.1, -0.05) is 66.7 Å². The number of aromatic nitrogens is 2. The number of alkyl halides is 3. The number of benzene rings is 10. The lowest BCUT2D eigenvalue weighted by Gasteiger charge is -2.25. The van der Waals surface area contributed by atoms with Crippen LogP contribution in [0.1, 0.15) is 55.6 Å². The van der Waals surface area contributed by atoms with Crippen molar-refractivity contribution in [1.29, 1.82) is 47.4 Å². The molecule has 0 N–H and O–H groups in total. The molecule has 0 atom stereocenters. The van der Waals surface area contributed by atoms with E-state index in [2.05, 4.69) is 54.6 Å². The molecule has 0 radical (unpaired) electrons. The molecule has 0 saturated heterocycles. The first-order valence-corrected chi connectivity index (χ1v) is 25.5. The van der Waals surface area contributed by atoms with Crippen LogP contribution in [0.5, 0.6) is 0 Å². The first-order valence-electron chi connectivity index (χ1n) is 25.5. The smallest absolute Gasteiger partial charge is 0.309 e. The van der Waals surface area contributed by atoms with E-state index in [1.54, 1.807) is 146 Å². The average molecular weight is 1080 g/mol. The molecular weight excluding hydrogens is 1050 g/mol. The van der Waals surface area contributed by atoms with E-state index in [0.29, 0.717) is 77.1 Å². The average Bonchev–Trinajstić information content (AvgIpc) is 1.77. The van der Waals surface area contributed by atoms with Gasteiger partial charge in [-0.2, -0.15) is 60.5 Å². The summed E-state index contributed by atoms with van der Waals surface area (Å²) in [7, 11) is 0. The normalized spacial score (nSPS) is 10.9. The summed E-state index contributed by atoms with van der Waals surface area (Å²) in [6.45, 7) is 0. The van der Waals surface area contributed by atoms with Crippen LogP contribution < -0.4 is 0 Å². The zero-order valence-electron chi connectivity index (χ0n) is 43.4. The van der Waals surface area contributed by atoms with Crippen molar-refractivity contribution in [3.05, 3.63) is 238 Å². The lowest BCUT2D eigenvalue weighted by Crippen LogP contribution is -2.17. The van der Waals surface area contributed by atoms with Gasteiger partial charge in [0, 0.05) is 27.1 Å². The van der Waals surface area contributed by atoms with Crippen LogP contribution >= 0.6 is 0 Å². The van der Waals surface area contributed by atoms with Crippen LogP contribution in [-0.2, 0) is 6.18 Å². The summed E-state index contributed by atoms with van der Waals surface area (Å²) < 4.78 is 56.0. The van der Waals surface area contributed by atoms with Gasteiger partial charge in [0.1, 0.15) is 5.56 Å². The van der Waals surface area contributed by atoms with Crippen molar-refractivity contribution in [3.63, 3.8) is 0 Å². The van der Waals surface area contributed by atoms with E-state index in [1.165, 1.54) is 45.5 Å². The number of hydrogen-bond donors (Lipinski definition) is 0. The van der Waals surface area contributed by atoms with E-state index in [0.717, 1.165) is 0 Å². The van der Waals surface area contributed by atoms with E-state index in [1.807, 2.05) is 0 Å². The summed E-state index contributed by atoms with van der Waals surface area (Å²) in [5, 5.41) is 92.6. The molecule has 12 rings (SSSR count). The number of rotatable bonds is 7. The Morgan fingerprint density at radius 2 is 0.571 bits per heavy atom. The highest BCUT2D eigenvalue weighted by Gasteiger charge is 2.41. The fourth-order valence-corrected chi connectivity index (χ4v) is 11.2. The summed E-state index contributed by atoms with van der Waals surface area (Å²) >= 11 is 0. The molecule has 0 unspecified atom stereocenters. The van der Waals surface area contributed by atoms with Crippen molar-refractivity contribution in [1.82, 2.24) is 9.13 Å². The minimum absolute atomic E-state index is 0.0612. The standard InChI is InChI=1S/C70H30F3N11/c71-70(72,73)68-63(83-64-27-49(54-19-41(32-75)14-42(20-54)33-76)4-8-59(64)60-9-5-50(28-65(60)83)55-21-43(34-77)15-44(22-55)35-78)13-12-58(53-3-1-2-40(18-53)31-74)69(68)84-66-29-51(56-23-45(36-79)16-46(24-56)37-80)6-10-61(66)62-11-7-52(30-67(62)84)57-25-47(38-81)17-48(26-57)39-82/h1-30H. The number of fused-ring (bicyclic) bond motifs is 6. The molecule has 386 valence electrons. The second-order valence-electron chi connectivity index (χ2n) is 19.7. The second-order valence-corrected chi connectivity index (χ2v) is 19.7. The Morgan fingerprint density at radius 3 is 0.869 bits per heavy atom. The minimum atomic E-state index is -5.22. The van der Waals surface area contributed by atoms with Gasteiger partial charge >= 0.3 is 6.18 Å². The van der Waals surface area contributed by atoms with Crippen molar-refractivity contribution in [2.45, 2.75) is 6.18 Å². The highest BCUT2D eigenvalue weighted by molar-refractivity contribution is 6.14. The first-order chi connectivity index (χ1) is 40.8. The number of halogens is 3. The number of nitrogens with zero attached hydrogens (tertiary/aromatic N) is 11. The quantitative estimate of drug-likeness (QED) is 0.148. The van der Waals surface area contributed by atoms with Crippen LogP contribution in [-0.4, -0.2) is 9.13 Å². The maximum Gasteiger partial charge on any atom is 0.420 e. The molecule has 0 aliphatic carbocycles. The van der Waals surface area contributed by atoms with Crippen LogP contribution in [0.3, 0.4) is 0 Å². The molecule has 0 fully saturated rings. The topological polar surface area (TPSA) is 224 Å². The number of hydrogen-bond acceptors (Lipinski definition) is 9. The predicted octanol–water partition coefficient (Wildman–Crippen LogP) is 16.1. The lowest BCUT2D eigenvalue weighted by molar-refractivity contribution is -0.137. The molecule has 84 heavy (non-hydrogen) atoms. The molecular formula is C70H30F3N11. The Labute approximate surface area is 476 Å². The summed E-state index contributed by atoms with van der Waals surface area (Å²) in [5.74, 6) is 0. The van der Waals surface area contributed by atoms with Crippen LogP contribution in [0.4, 0.5) is 13.2 Å². The maximum absolute atomic E-state index is 17.7. The Morgan fingerprint density at radius 1 is 0.274 bits per heavy atom. The Hall–Kier alpha value is -13.0. The Bertz CT molecular complexity index is 4930. The van der Waals surface area contributed by atoms with Crippen molar-refractivity contribution in [3.8, 4) is 122 Å². The Balaban J connectivity index is 1.28. The largest absolute Gasteiger partial charge is 0.420 e. The third-order valence-corrected chi connectivity index (χ3v) is 14.8. The lowest BCUT2D eigenvalue weighted by atomic mass is 9.95. The highest BCUT2D eigenvalue weighted by Crippen LogP contribution is 2.49. The van der Waals surface area contributed by atoms with Gasteiger partial charge in [-0.15, -0.1) is 0 Å². The van der Waals surface area contributed by atoms with E-state index in [4.69, 9.17) is 0 Å². The van der Waals surface area contributed by atoms with Crippen molar-refractivity contribution in [2.75, 3.05) is 0 Å². The van der Waals surface area contributed by atoms with Crippen LogP contribution in [0.25, 0.3) is 111 Å². The molecule has 10 aromatic carbocycles. The van der Waals surface area contributed by atoms with Crippen LogP contribution in [0.2, 0.25) is 0 Å². The summed E-state index contributed by atoms with van der Waals surface area (Å²) in [4.78, 5) is 0. The van der Waals surface area contributed by atoms with Gasteiger partial charge in [0.2, 0.25) is 0 Å². The molecule has 0 aliphatic heterocycles. The fourth-order valence-electron chi connectivity index (χ4n) is 11.2. The van der Waals surface area contributed by atoms with E-state index in [9.17, 15) is 47.4 Å². The van der Waals surface area contributed by atoms with Crippen LogP contribution in [0, 0.1) is 102 Å². The van der Waals surface area contributed by atoms with Gasteiger partial charge in [-0.3, -0.25) is 0 Å². The molecule has 2 heterocycles. The van der Waals surface area contributed by atoms with Gasteiger partial charge < -0.3 is 9.13 Å².